The maximum atomic E-state index is 13.4. The van der Waals surface area contributed by atoms with E-state index in [0.717, 1.165) is 24.3 Å². The number of anilines is 2. The van der Waals surface area contributed by atoms with E-state index in [-0.39, 0.29) is 24.0 Å². The number of fused-ring (bicyclic) bond motifs is 2. The van der Waals surface area contributed by atoms with Crippen molar-refractivity contribution in [3.05, 3.63) is 113 Å². The van der Waals surface area contributed by atoms with Gasteiger partial charge >= 0.3 is 12.4 Å². The van der Waals surface area contributed by atoms with Gasteiger partial charge in [-0.3, -0.25) is 19.2 Å². The molecule has 296 valence electrons. The summed E-state index contributed by atoms with van der Waals surface area (Å²) in [6, 6.07) is 20.1. The van der Waals surface area contributed by atoms with Crippen LogP contribution in [0.2, 0.25) is 0 Å². The number of benzene rings is 4. The van der Waals surface area contributed by atoms with Crippen molar-refractivity contribution in [3.8, 4) is 17.2 Å². The highest BCUT2D eigenvalue weighted by Crippen LogP contribution is 2.39. The van der Waals surface area contributed by atoms with E-state index in [1.807, 2.05) is 0 Å². The highest BCUT2D eigenvalue weighted by atomic mass is 19.4. The highest BCUT2D eigenvalue weighted by molar-refractivity contribution is 6.51. The minimum Gasteiger partial charge on any atom is -0.478 e. The molecule has 0 bridgehead atoms. The molecular weight excluding hydrogens is 766 g/mol. The monoisotopic (exact) mass is 796 g/mol. The fraction of sp³-hybridized carbons (Fsp3) is 0.211. The van der Waals surface area contributed by atoms with Gasteiger partial charge in [-0.15, -0.1) is 0 Å². The van der Waals surface area contributed by atoms with E-state index in [0.29, 0.717) is 22.6 Å². The summed E-state index contributed by atoms with van der Waals surface area (Å²) in [7, 11) is 0. The quantitative estimate of drug-likeness (QED) is 0.0966. The second-order valence-electron chi connectivity index (χ2n) is 12.3. The molecule has 1 unspecified atom stereocenters. The Hall–Kier alpha value is -6.92. The topological polar surface area (TPSA) is 169 Å². The van der Waals surface area contributed by atoms with Crippen molar-refractivity contribution >= 4 is 46.4 Å². The van der Waals surface area contributed by atoms with E-state index < -0.39 is 90.3 Å². The van der Waals surface area contributed by atoms with Gasteiger partial charge in [-0.2, -0.15) is 36.5 Å². The van der Waals surface area contributed by atoms with E-state index in [4.69, 9.17) is 14.2 Å². The second-order valence-corrected chi connectivity index (χ2v) is 12.3. The molecule has 2 aliphatic heterocycles. The minimum atomic E-state index is -4.73. The molecule has 0 spiro atoms. The normalized spacial score (nSPS) is 16.0. The number of ether oxygens (including phenoxy) is 3. The summed E-state index contributed by atoms with van der Waals surface area (Å²) < 4.78 is 97.5. The molecule has 2 aliphatic rings. The Morgan fingerprint density at radius 3 is 1.70 bits per heavy atom. The summed E-state index contributed by atoms with van der Waals surface area (Å²) in [6.07, 6.45) is -12.6. The largest absolute Gasteiger partial charge is 0.478 e. The van der Waals surface area contributed by atoms with E-state index >= 15 is 0 Å². The number of hydrazone groups is 2. The molecule has 6 rings (SSSR count). The number of halogens is 6. The predicted octanol–water partition coefficient (Wildman–Crippen LogP) is 6.72. The molecule has 4 aromatic carbocycles. The van der Waals surface area contributed by atoms with Crippen LogP contribution in [0.15, 0.2) is 101 Å². The second kappa shape index (κ2) is 16.8. The molecule has 57 heavy (non-hydrogen) atoms. The first-order chi connectivity index (χ1) is 27.2. The maximum absolute atomic E-state index is 13.4. The van der Waals surface area contributed by atoms with Crippen LogP contribution in [0.5, 0.6) is 17.2 Å². The molecule has 0 aromatic heterocycles. The summed E-state index contributed by atoms with van der Waals surface area (Å²) in [5.41, 5.74) is 2.27. The van der Waals surface area contributed by atoms with E-state index in [9.17, 15) is 45.5 Å². The lowest BCUT2D eigenvalue weighted by Crippen LogP contribution is -2.37. The SMILES string of the molecule is O=C(CCC(=O)Nc1ccccc1C(F)(F)F)NN=C1C(=NNC(=O)CCC(=O)Nc2ccccc2C(F)(F)F)C(c2ccc3c(c2)OCO3)Oc2ccccc21. The minimum absolute atomic E-state index is 0.00164. The van der Waals surface area contributed by atoms with Crippen LogP contribution >= 0.6 is 0 Å². The number of nitrogens with one attached hydrogen (secondary N) is 4. The van der Waals surface area contributed by atoms with Crippen molar-refractivity contribution in [3.63, 3.8) is 0 Å². The van der Waals surface area contributed by atoms with Gasteiger partial charge in [0.2, 0.25) is 30.4 Å². The smallest absolute Gasteiger partial charge is 0.418 e. The zero-order chi connectivity index (χ0) is 40.7. The molecule has 4 aromatic rings. The Morgan fingerprint density at radius 1 is 0.596 bits per heavy atom. The van der Waals surface area contributed by atoms with Gasteiger partial charge in [0.15, 0.2) is 17.6 Å². The number of para-hydroxylation sites is 3. The summed E-state index contributed by atoms with van der Waals surface area (Å²) >= 11 is 0. The molecule has 13 nitrogen and oxygen atoms in total. The van der Waals surface area contributed by atoms with Crippen molar-refractivity contribution in [1.29, 1.82) is 0 Å². The van der Waals surface area contributed by atoms with Crippen LogP contribution in [-0.2, 0) is 31.5 Å². The van der Waals surface area contributed by atoms with Gasteiger partial charge in [-0.1, -0.05) is 42.5 Å². The lowest BCUT2D eigenvalue weighted by molar-refractivity contribution is -0.138. The van der Waals surface area contributed by atoms with Crippen molar-refractivity contribution in [1.82, 2.24) is 10.9 Å². The zero-order valence-corrected chi connectivity index (χ0v) is 29.3. The van der Waals surface area contributed by atoms with Crippen LogP contribution in [0.1, 0.15) is 54.0 Å². The molecule has 4 N–H and O–H groups in total. The van der Waals surface area contributed by atoms with Crippen molar-refractivity contribution in [2.45, 2.75) is 44.1 Å². The summed E-state index contributed by atoms with van der Waals surface area (Å²) in [5.74, 6) is -2.23. The Labute approximate surface area is 319 Å². The predicted molar refractivity (Wildman–Crippen MR) is 191 cm³/mol. The number of rotatable bonds is 11. The summed E-state index contributed by atoms with van der Waals surface area (Å²) in [4.78, 5) is 51.0. The average Bonchev–Trinajstić information content (AvgIpc) is 3.65. The first-order valence-electron chi connectivity index (χ1n) is 17.0. The molecular formula is C38H30F6N6O7. The van der Waals surface area contributed by atoms with Crippen LogP contribution in [0.3, 0.4) is 0 Å². The third-order valence-corrected chi connectivity index (χ3v) is 8.34. The fourth-order valence-electron chi connectivity index (χ4n) is 5.65. The Kier molecular flexibility index (Phi) is 11.7. The fourth-order valence-corrected chi connectivity index (χ4v) is 5.65. The number of amides is 4. The molecule has 19 heteroatoms. The van der Waals surface area contributed by atoms with Crippen LogP contribution < -0.4 is 35.7 Å². The first kappa shape index (κ1) is 39.8. The third-order valence-electron chi connectivity index (χ3n) is 8.34. The Morgan fingerprint density at radius 2 is 1.11 bits per heavy atom. The van der Waals surface area contributed by atoms with Gasteiger partial charge in [-0.05, 0) is 48.5 Å². The number of carbonyl (C=O) groups is 4. The van der Waals surface area contributed by atoms with Crippen molar-refractivity contribution < 1.29 is 59.7 Å². The van der Waals surface area contributed by atoms with Gasteiger partial charge in [0.1, 0.15) is 17.2 Å². The van der Waals surface area contributed by atoms with Crippen LogP contribution in [0.4, 0.5) is 37.7 Å². The lowest BCUT2D eigenvalue weighted by Gasteiger charge is -2.29. The van der Waals surface area contributed by atoms with Gasteiger partial charge in [0.05, 0.1) is 22.5 Å². The number of alkyl halides is 6. The number of hydrogen-bond acceptors (Lipinski definition) is 9. The standard InChI is InChI=1S/C38H30F6N6O7/c39-37(40,41)23-8-2-4-10-25(23)45-30(51)15-17-32(53)47-49-34-22-7-1-6-12-27(22)57-36(21-13-14-28-29(19-21)56-20-55-28)35(34)50-48-33(54)18-16-31(52)46-26-11-5-3-9-24(26)38(42,43)44/h1-14,19,36H,15-18,20H2,(H,45,51)(H,46,52)(H,47,53)(H,48,54). The number of carbonyl (C=O) groups excluding carboxylic acids is 4. The molecule has 0 fully saturated rings. The van der Waals surface area contributed by atoms with E-state index in [1.165, 1.54) is 24.3 Å². The number of nitrogens with zero attached hydrogens (tertiary/aromatic N) is 2. The third kappa shape index (κ3) is 9.85. The molecule has 0 aliphatic carbocycles. The zero-order valence-electron chi connectivity index (χ0n) is 29.3. The van der Waals surface area contributed by atoms with Crippen LogP contribution in [-0.4, -0.2) is 41.8 Å². The summed E-state index contributed by atoms with van der Waals surface area (Å²) in [6.45, 7) is -0.0366. The lowest BCUT2D eigenvalue weighted by atomic mass is 9.93. The highest BCUT2D eigenvalue weighted by Gasteiger charge is 2.36. The molecule has 0 saturated carbocycles. The van der Waals surface area contributed by atoms with Crippen molar-refractivity contribution in [2.75, 3.05) is 17.4 Å². The van der Waals surface area contributed by atoms with Crippen molar-refractivity contribution in [2.24, 2.45) is 10.2 Å². The molecule has 4 amide bonds. The molecule has 0 radical (unpaired) electrons. The molecule has 1 atom stereocenters. The number of hydrogen-bond donors (Lipinski definition) is 4. The van der Waals surface area contributed by atoms with E-state index in [2.05, 4.69) is 31.7 Å². The molecule has 2 heterocycles. The Balaban J connectivity index is 1.20. The Bertz CT molecular complexity index is 2260. The van der Waals surface area contributed by atoms with Crippen LogP contribution in [0.25, 0.3) is 0 Å². The summed E-state index contributed by atoms with van der Waals surface area (Å²) in [5, 5.41) is 12.8. The maximum Gasteiger partial charge on any atom is 0.418 e. The average molecular weight is 797 g/mol. The van der Waals surface area contributed by atoms with E-state index in [1.54, 1.807) is 42.5 Å². The van der Waals surface area contributed by atoms with Gasteiger partial charge < -0.3 is 24.8 Å². The van der Waals surface area contributed by atoms with Crippen LogP contribution in [0, 0.1) is 0 Å². The van der Waals surface area contributed by atoms with Gasteiger partial charge in [0, 0.05) is 36.8 Å². The molecule has 0 saturated heterocycles. The van der Waals surface area contributed by atoms with Gasteiger partial charge in [0.25, 0.3) is 0 Å². The van der Waals surface area contributed by atoms with Gasteiger partial charge in [-0.25, -0.2) is 10.9 Å². The first-order valence-corrected chi connectivity index (χ1v) is 17.0.